The number of benzene rings is 3. The Morgan fingerprint density at radius 3 is 2.31 bits per heavy atom. The number of hydrogen-bond donors (Lipinski definition) is 2. The van der Waals surface area contributed by atoms with Crippen molar-refractivity contribution < 1.29 is 17.6 Å². The Kier molecular flexibility index (Phi) is 6.49. The number of sulfonamides is 1. The van der Waals surface area contributed by atoms with Crippen LogP contribution in [-0.4, -0.2) is 20.6 Å². The van der Waals surface area contributed by atoms with Gasteiger partial charge in [-0.1, -0.05) is 48.5 Å². The third kappa shape index (κ3) is 5.12. The zero-order valence-electron chi connectivity index (χ0n) is 19.9. The van der Waals surface area contributed by atoms with Crippen LogP contribution in [0.15, 0.2) is 75.9 Å². The van der Waals surface area contributed by atoms with Gasteiger partial charge in [0, 0.05) is 22.4 Å². The summed E-state index contributed by atoms with van der Waals surface area (Å²) in [7, 11) is -3.72. The molecule has 4 aromatic rings. The Morgan fingerprint density at radius 1 is 0.971 bits per heavy atom. The van der Waals surface area contributed by atoms with Gasteiger partial charge in [-0.2, -0.15) is 0 Å². The van der Waals surface area contributed by atoms with Crippen LogP contribution in [0.2, 0.25) is 0 Å². The fourth-order valence-corrected chi connectivity index (χ4v) is 4.54. The normalized spacial score (nSPS) is 12.3. The minimum Gasteiger partial charge on any atom is -0.455 e. The molecule has 0 saturated heterocycles. The molecule has 1 atom stereocenters. The molecule has 35 heavy (non-hydrogen) atoms. The molecule has 0 aliphatic heterocycles. The van der Waals surface area contributed by atoms with E-state index in [4.69, 9.17) is 4.42 Å². The van der Waals surface area contributed by atoms with E-state index in [9.17, 15) is 18.0 Å². The summed E-state index contributed by atoms with van der Waals surface area (Å²) in [6.45, 7) is 5.55. The summed E-state index contributed by atoms with van der Waals surface area (Å²) in [5, 5.41) is 3.77. The van der Waals surface area contributed by atoms with Crippen molar-refractivity contribution in [3.05, 3.63) is 99.2 Å². The Bertz CT molecular complexity index is 1590. The van der Waals surface area contributed by atoms with Gasteiger partial charge in [0.2, 0.25) is 10.0 Å². The van der Waals surface area contributed by atoms with Crippen LogP contribution in [0, 0.1) is 13.8 Å². The molecule has 2 N–H and O–H groups in total. The summed E-state index contributed by atoms with van der Waals surface area (Å²) in [5.41, 5.74) is 3.97. The lowest BCUT2D eigenvalue weighted by atomic mass is 9.98. The lowest BCUT2D eigenvalue weighted by Gasteiger charge is -2.20. The molecule has 1 amide bonds. The number of amides is 1. The number of fused-ring (bicyclic) bond motifs is 1. The molecule has 0 saturated carbocycles. The Labute approximate surface area is 203 Å². The summed E-state index contributed by atoms with van der Waals surface area (Å²) >= 11 is 0. The van der Waals surface area contributed by atoms with Crippen molar-refractivity contribution >= 4 is 32.6 Å². The van der Waals surface area contributed by atoms with Crippen LogP contribution in [0.3, 0.4) is 0 Å². The second-order valence-electron chi connectivity index (χ2n) is 8.60. The summed E-state index contributed by atoms with van der Waals surface area (Å²) in [6.07, 6.45) is 0.927. The first-order valence-corrected chi connectivity index (χ1v) is 13.0. The Balaban J connectivity index is 1.82. The average Bonchev–Trinajstić information content (AvgIpc) is 2.81. The summed E-state index contributed by atoms with van der Waals surface area (Å²) < 4.78 is 31.5. The molecule has 8 heteroatoms. The second kappa shape index (κ2) is 9.38. The summed E-state index contributed by atoms with van der Waals surface area (Å²) in [5.74, 6) is -0.223. The van der Waals surface area contributed by atoms with E-state index in [0.29, 0.717) is 28.0 Å². The first kappa shape index (κ1) is 24.2. The standard InChI is InChI=1S/C27H26N2O5S/c1-16-14-21(18(3)28-23-13-9-8-12-20(23)27(31)29-35(4,32)33)26-22(15-16)24(30)17(2)25(34-26)19-10-6-5-7-11-19/h5-15,18,28H,1-4H3,(H,29,31)/t18-/m1/s1. The highest BCUT2D eigenvalue weighted by Gasteiger charge is 2.21. The molecule has 0 aliphatic rings. The van der Waals surface area contributed by atoms with Crippen LogP contribution >= 0.6 is 0 Å². The minimum atomic E-state index is -3.72. The van der Waals surface area contributed by atoms with Gasteiger partial charge in [-0.15, -0.1) is 0 Å². The summed E-state index contributed by atoms with van der Waals surface area (Å²) in [4.78, 5) is 25.9. The van der Waals surface area contributed by atoms with Gasteiger partial charge in [0.05, 0.1) is 23.2 Å². The van der Waals surface area contributed by atoms with E-state index in [0.717, 1.165) is 22.9 Å². The van der Waals surface area contributed by atoms with Crippen molar-refractivity contribution in [1.29, 1.82) is 0 Å². The molecule has 1 aromatic heterocycles. The number of carbonyl (C=O) groups excluding carboxylic acids is 1. The van der Waals surface area contributed by atoms with E-state index in [1.165, 1.54) is 0 Å². The number of nitrogens with one attached hydrogen (secondary N) is 2. The van der Waals surface area contributed by atoms with Crippen molar-refractivity contribution in [2.24, 2.45) is 0 Å². The zero-order chi connectivity index (χ0) is 25.3. The highest BCUT2D eigenvalue weighted by atomic mass is 32.2. The molecule has 0 aliphatic carbocycles. The molecule has 0 radical (unpaired) electrons. The first-order valence-electron chi connectivity index (χ1n) is 11.1. The molecule has 1 heterocycles. The number of rotatable bonds is 6. The minimum absolute atomic E-state index is 0.102. The van der Waals surface area contributed by atoms with Crippen LogP contribution in [0.4, 0.5) is 5.69 Å². The van der Waals surface area contributed by atoms with Gasteiger partial charge in [0.15, 0.2) is 5.43 Å². The van der Waals surface area contributed by atoms with Crippen molar-refractivity contribution in [2.75, 3.05) is 11.6 Å². The number of hydrogen-bond acceptors (Lipinski definition) is 6. The maximum Gasteiger partial charge on any atom is 0.266 e. The van der Waals surface area contributed by atoms with Crippen LogP contribution < -0.4 is 15.5 Å². The van der Waals surface area contributed by atoms with Gasteiger partial charge >= 0.3 is 0 Å². The maximum atomic E-state index is 13.3. The topological polar surface area (TPSA) is 105 Å². The number of para-hydroxylation sites is 1. The highest BCUT2D eigenvalue weighted by Crippen LogP contribution is 2.32. The van der Waals surface area contributed by atoms with Gasteiger partial charge < -0.3 is 9.73 Å². The number of aryl methyl sites for hydroxylation is 1. The molecule has 4 rings (SSSR count). The maximum absolute atomic E-state index is 13.3. The van der Waals surface area contributed by atoms with Crippen LogP contribution in [0.1, 0.15) is 40.0 Å². The SMILES string of the molecule is Cc1cc([C@@H](C)Nc2ccccc2C(=O)NS(C)(=O)=O)c2oc(-c3ccccc3)c(C)c(=O)c2c1. The lowest BCUT2D eigenvalue weighted by Crippen LogP contribution is -2.30. The second-order valence-corrected chi connectivity index (χ2v) is 10.3. The van der Waals surface area contributed by atoms with E-state index >= 15 is 0 Å². The zero-order valence-corrected chi connectivity index (χ0v) is 20.7. The largest absolute Gasteiger partial charge is 0.455 e. The Morgan fingerprint density at radius 2 is 1.63 bits per heavy atom. The number of anilines is 1. The van der Waals surface area contributed by atoms with Crippen molar-refractivity contribution in [3.8, 4) is 11.3 Å². The van der Waals surface area contributed by atoms with E-state index in [1.54, 1.807) is 31.2 Å². The summed E-state index contributed by atoms with van der Waals surface area (Å²) in [6, 6.07) is 19.5. The Hall–Kier alpha value is -3.91. The molecule has 7 nitrogen and oxygen atoms in total. The van der Waals surface area contributed by atoms with Crippen LogP contribution in [-0.2, 0) is 10.0 Å². The van der Waals surface area contributed by atoms with Crippen LogP contribution in [0.5, 0.6) is 0 Å². The van der Waals surface area contributed by atoms with Gasteiger partial charge in [-0.05, 0) is 44.5 Å². The van der Waals surface area contributed by atoms with E-state index < -0.39 is 15.9 Å². The van der Waals surface area contributed by atoms with Crippen LogP contribution in [0.25, 0.3) is 22.3 Å². The average molecular weight is 491 g/mol. The first-order chi connectivity index (χ1) is 16.5. The molecule has 0 fully saturated rings. The molecule has 0 bridgehead atoms. The molecule has 0 spiro atoms. The van der Waals surface area contributed by atoms with Gasteiger partial charge in [-0.25, -0.2) is 13.1 Å². The molecular weight excluding hydrogens is 464 g/mol. The monoisotopic (exact) mass is 490 g/mol. The highest BCUT2D eigenvalue weighted by molar-refractivity contribution is 7.89. The van der Waals surface area contributed by atoms with Crippen molar-refractivity contribution in [1.82, 2.24) is 4.72 Å². The van der Waals surface area contributed by atoms with Crippen molar-refractivity contribution in [2.45, 2.75) is 26.8 Å². The molecular formula is C27H26N2O5S. The van der Waals surface area contributed by atoms with Gasteiger partial charge in [0.1, 0.15) is 11.3 Å². The van der Waals surface area contributed by atoms with E-state index in [-0.39, 0.29) is 17.0 Å². The lowest BCUT2D eigenvalue weighted by molar-refractivity contribution is 0.0982. The molecule has 0 unspecified atom stereocenters. The van der Waals surface area contributed by atoms with Crippen molar-refractivity contribution in [3.63, 3.8) is 0 Å². The smallest absolute Gasteiger partial charge is 0.266 e. The van der Waals surface area contributed by atoms with Gasteiger partial charge in [-0.3, -0.25) is 9.59 Å². The fraction of sp³-hybridized carbons (Fsp3) is 0.185. The van der Waals surface area contributed by atoms with E-state index in [1.807, 2.05) is 61.0 Å². The van der Waals surface area contributed by atoms with Gasteiger partial charge in [0.25, 0.3) is 5.91 Å². The molecule has 3 aromatic carbocycles. The quantitative estimate of drug-likeness (QED) is 0.397. The number of carbonyl (C=O) groups is 1. The third-order valence-corrected chi connectivity index (χ3v) is 6.27. The predicted octanol–water partition coefficient (Wildman–Crippen LogP) is 4.94. The predicted molar refractivity (Wildman–Crippen MR) is 138 cm³/mol. The fourth-order valence-electron chi connectivity index (χ4n) is 4.10. The molecule has 180 valence electrons. The third-order valence-electron chi connectivity index (χ3n) is 5.72. The van der Waals surface area contributed by atoms with E-state index in [2.05, 4.69) is 5.32 Å².